The minimum atomic E-state index is -3.14. The molecule has 0 aromatic carbocycles. The van der Waals surface area contributed by atoms with Crippen LogP contribution in [0.25, 0.3) is 6.08 Å². The summed E-state index contributed by atoms with van der Waals surface area (Å²) >= 11 is 0.745. The Labute approximate surface area is 155 Å². The van der Waals surface area contributed by atoms with Gasteiger partial charge < -0.3 is 9.32 Å². The average molecular weight is 398 g/mol. The maximum Gasteiger partial charge on any atom is 0.294 e. The van der Waals surface area contributed by atoms with E-state index in [-0.39, 0.29) is 16.4 Å². The van der Waals surface area contributed by atoms with E-state index in [1.54, 1.807) is 19.1 Å². The number of imide groups is 1. The van der Waals surface area contributed by atoms with Crippen molar-refractivity contribution in [2.45, 2.75) is 19.4 Å². The van der Waals surface area contributed by atoms with Gasteiger partial charge in [0, 0.05) is 18.7 Å². The van der Waals surface area contributed by atoms with Gasteiger partial charge in [-0.25, -0.2) is 8.42 Å². The van der Waals surface area contributed by atoms with Crippen LogP contribution in [-0.4, -0.2) is 65.9 Å². The summed E-state index contributed by atoms with van der Waals surface area (Å²) in [5.41, 5.74) is 0. The molecule has 1 aromatic rings. The average Bonchev–Trinajstić information content (AvgIpc) is 3.26. The number of carbonyl (C=O) groups is 3. The molecular formula is C16H18N2O6S2. The van der Waals surface area contributed by atoms with Crippen LogP contribution < -0.4 is 0 Å². The van der Waals surface area contributed by atoms with Gasteiger partial charge in [0.2, 0.25) is 5.91 Å². The van der Waals surface area contributed by atoms with Crippen molar-refractivity contribution in [1.29, 1.82) is 0 Å². The zero-order valence-electron chi connectivity index (χ0n) is 14.1. The maximum atomic E-state index is 12.6. The Morgan fingerprint density at radius 1 is 1.46 bits per heavy atom. The fourth-order valence-electron chi connectivity index (χ4n) is 3.02. The highest BCUT2D eigenvalue weighted by Gasteiger charge is 2.39. The molecule has 3 heterocycles. The first-order valence-corrected chi connectivity index (χ1v) is 10.7. The topological polar surface area (TPSA) is 105 Å². The van der Waals surface area contributed by atoms with Crippen LogP contribution in [0.5, 0.6) is 0 Å². The molecule has 0 spiro atoms. The zero-order chi connectivity index (χ0) is 18.9. The zero-order valence-corrected chi connectivity index (χ0v) is 15.7. The molecule has 10 heteroatoms. The molecule has 1 atom stereocenters. The number of carbonyl (C=O) groups excluding carboxylic acids is 3. The second-order valence-electron chi connectivity index (χ2n) is 6.02. The number of sulfone groups is 1. The number of rotatable bonds is 5. The predicted octanol–water partition coefficient (Wildman–Crippen LogP) is 1.35. The van der Waals surface area contributed by atoms with Crippen molar-refractivity contribution in [2.75, 3.05) is 24.6 Å². The Kier molecular flexibility index (Phi) is 5.24. The summed E-state index contributed by atoms with van der Waals surface area (Å²) in [5, 5.41) is -0.531. The normalized spacial score (nSPS) is 23.8. The smallest absolute Gasteiger partial charge is 0.294 e. The monoisotopic (exact) mass is 398 g/mol. The van der Waals surface area contributed by atoms with Gasteiger partial charge >= 0.3 is 0 Å². The summed E-state index contributed by atoms with van der Waals surface area (Å²) < 4.78 is 28.4. The first-order chi connectivity index (χ1) is 12.3. The fourth-order valence-corrected chi connectivity index (χ4v) is 5.57. The van der Waals surface area contributed by atoms with E-state index in [9.17, 15) is 22.8 Å². The van der Waals surface area contributed by atoms with Crippen LogP contribution in [0.1, 0.15) is 19.1 Å². The summed E-state index contributed by atoms with van der Waals surface area (Å²) in [5.74, 6) is -0.578. The van der Waals surface area contributed by atoms with Crippen LogP contribution in [0.2, 0.25) is 0 Å². The lowest BCUT2D eigenvalue weighted by molar-refractivity contribution is -0.137. The molecule has 0 saturated carbocycles. The first-order valence-electron chi connectivity index (χ1n) is 8.09. The van der Waals surface area contributed by atoms with E-state index in [4.69, 9.17) is 4.42 Å². The van der Waals surface area contributed by atoms with Crippen molar-refractivity contribution in [2.24, 2.45) is 0 Å². The van der Waals surface area contributed by atoms with Crippen molar-refractivity contribution < 1.29 is 27.2 Å². The summed E-state index contributed by atoms with van der Waals surface area (Å²) in [4.78, 5) is 39.6. The highest BCUT2D eigenvalue weighted by molar-refractivity contribution is 8.18. The molecule has 2 saturated heterocycles. The SMILES string of the molecule is CCN(C(=O)CN1C(=O)S/C(=C/c2ccco2)C1=O)C1CCS(=O)(=O)C1. The Hall–Kier alpha value is -2.07. The van der Waals surface area contributed by atoms with E-state index in [0.29, 0.717) is 18.7 Å². The molecule has 0 N–H and O–H groups in total. The largest absolute Gasteiger partial charge is 0.465 e. The number of nitrogens with zero attached hydrogens (tertiary/aromatic N) is 2. The van der Waals surface area contributed by atoms with E-state index in [1.165, 1.54) is 17.2 Å². The number of furan rings is 1. The fraction of sp³-hybridized carbons (Fsp3) is 0.438. The second kappa shape index (κ2) is 7.28. The van der Waals surface area contributed by atoms with E-state index >= 15 is 0 Å². The van der Waals surface area contributed by atoms with Crippen LogP contribution in [0, 0.1) is 0 Å². The molecular weight excluding hydrogens is 380 g/mol. The molecule has 3 amide bonds. The number of likely N-dealkylation sites (N-methyl/N-ethyl adjacent to an activating group) is 1. The third-order valence-electron chi connectivity index (χ3n) is 4.29. The van der Waals surface area contributed by atoms with Gasteiger partial charge in [-0.3, -0.25) is 19.3 Å². The third-order valence-corrected chi connectivity index (χ3v) is 6.95. The van der Waals surface area contributed by atoms with E-state index in [2.05, 4.69) is 0 Å². The van der Waals surface area contributed by atoms with Crippen LogP contribution >= 0.6 is 11.8 Å². The number of amides is 3. The summed E-state index contributed by atoms with van der Waals surface area (Å²) in [6, 6.07) is 2.91. The molecule has 8 nitrogen and oxygen atoms in total. The lowest BCUT2D eigenvalue weighted by atomic mass is 10.2. The highest BCUT2D eigenvalue weighted by Crippen LogP contribution is 2.32. The maximum absolute atomic E-state index is 12.6. The molecule has 0 aliphatic carbocycles. The van der Waals surface area contributed by atoms with Gasteiger partial charge in [0.1, 0.15) is 12.3 Å². The van der Waals surface area contributed by atoms with Gasteiger partial charge in [0.05, 0.1) is 22.7 Å². The molecule has 2 aliphatic rings. The molecule has 2 fully saturated rings. The van der Waals surface area contributed by atoms with Crippen molar-refractivity contribution in [3.05, 3.63) is 29.1 Å². The summed E-state index contributed by atoms with van der Waals surface area (Å²) in [7, 11) is -3.14. The van der Waals surface area contributed by atoms with Gasteiger partial charge in [-0.15, -0.1) is 0 Å². The molecule has 0 radical (unpaired) electrons. The van der Waals surface area contributed by atoms with Crippen LogP contribution in [0.15, 0.2) is 27.7 Å². The Balaban J connectivity index is 1.70. The van der Waals surface area contributed by atoms with Gasteiger partial charge in [-0.1, -0.05) is 0 Å². The van der Waals surface area contributed by atoms with Crippen LogP contribution in [0.3, 0.4) is 0 Å². The Morgan fingerprint density at radius 2 is 2.23 bits per heavy atom. The molecule has 3 rings (SSSR count). The van der Waals surface area contributed by atoms with E-state index in [0.717, 1.165) is 16.7 Å². The summed E-state index contributed by atoms with van der Waals surface area (Å²) in [6.45, 7) is 1.66. The predicted molar refractivity (Wildman–Crippen MR) is 95.8 cm³/mol. The van der Waals surface area contributed by atoms with Crippen molar-refractivity contribution in [3.8, 4) is 0 Å². The van der Waals surface area contributed by atoms with Crippen LogP contribution in [0.4, 0.5) is 4.79 Å². The molecule has 0 bridgehead atoms. The third kappa shape index (κ3) is 3.85. The van der Waals surface area contributed by atoms with Gasteiger partial charge in [-0.2, -0.15) is 0 Å². The van der Waals surface area contributed by atoms with E-state index in [1.807, 2.05) is 0 Å². The molecule has 26 heavy (non-hydrogen) atoms. The number of thioether (sulfide) groups is 1. The highest BCUT2D eigenvalue weighted by atomic mass is 32.2. The van der Waals surface area contributed by atoms with Gasteiger partial charge in [0.15, 0.2) is 9.84 Å². The Bertz CT molecular complexity index is 859. The molecule has 1 aromatic heterocycles. The minimum Gasteiger partial charge on any atom is -0.465 e. The quantitative estimate of drug-likeness (QED) is 0.690. The van der Waals surface area contributed by atoms with Gasteiger partial charge in [0.25, 0.3) is 11.1 Å². The minimum absolute atomic E-state index is 0.0505. The number of hydrogen-bond donors (Lipinski definition) is 0. The molecule has 2 aliphatic heterocycles. The molecule has 1 unspecified atom stereocenters. The number of hydrogen-bond acceptors (Lipinski definition) is 7. The first kappa shape index (κ1) is 18.7. The lowest BCUT2D eigenvalue weighted by Crippen LogP contribution is -2.47. The Morgan fingerprint density at radius 3 is 2.81 bits per heavy atom. The van der Waals surface area contributed by atoms with Gasteiger partial charge in [-0.05, 0) is 37.2 Å². The molecule has 140 valence electrons. The standard InChI is InChI=1S/C16H18N2O6S2/c1-2-17(11-5-7-26(22,23)10-11)14(19)9-18-15(20)13(25-16(18)21)8-12-4-3-6-24-12/h3-4,6,8,11H,2,5,7,9-10H2,1H3/b13-8+. The second-order valence-corrected chi connectivity index (χ2v) is 9.24. The van der Waals surface area contributed by atoms with Crippen molar-refractivity contribution in [3.63, 3.8) is 0 Å². The summed E-state index contributed by atoms with van der Waals surface area (Å²) in [6.07, 6.45) is 3.28. The lowest BCUT2D eigenvalue weighted by Gasteiger charge is -2.28. The van der Waals surface area contributed by atoms with Crippen molar-refractivity contribution in [1.82, 2.24) is 9.80 Å². The van der Waals surface area contributed by atoms with E-state index < -0.39 is 39.5 Å². The van der Waals surface area contributed by atoms with Crippen LogP contribution in [-0.2, 0) is 19.4 Å². The van der Waals surface area contributed by atoms with Crippen molar-refractivity contribution >= 4 is 44.7 Å².